The van der Waals surface area contributed by atoms with Crippen molar-refractivity contribution in [1.29, 1.82) is 0 Å². The largest absolute Gasteiger partial charge is 0.465 e. The molecule has 19 heavy (non-hydrogen) atoms. The van der Waals surface area contributed by atoms with E-state index in [2.05, 4.69) is 10.6 Å². The Balaban J connectivity index is 2.80. The molecule has 6 heteroatoms. The lowest BCUT2D eigenvalue weighted by molar-refractivity contribution is -0.116. The minimum Gasteiger partial charge on any atom is -0.465 e. The number of amides is 1. The summed E-state index contributed by atoms with van der Waals surface area (Å²) in [5, 5.41) is 6.36. The molecule has 0 unspecified atom stereocenters. The van der Waals surface area contributed by atoms with Crippen molar-refractivity contribution < 1.29 is 14.3 Å². The van der Waals surface area contributed by atoms with Crippen molar-refractivity contribution in [3.8, 4) is 0 Å². The van der Waals surface area contributed by atoms with Crippen molar-refractivity contribution in [1.82, 2.24) is 5.32 Å². The van der Waals surface area contributed by atoms with Gasteiger partial charge in [-0.3, -0.25) is 4.79 Å². The number of methoxy groups -OCH3 is 1. The van der Waals surface area contributed by atoms with Gasteiger partial charge in [-0.15, -0.1) is 11.3 Å². The quantitative estimate of drug-likeness (QED) is 0.620. The topological polar surface area (TPSA) is 67.4 Å². The van der Waals surface area contributed by atoms with E-state index in [4.69, 9.17) is 4.74 Å². The minimum absolute atomic E-state index is 0.0818. The molecular weight excluding hydrogens is 264 g/mol. The number of anilines is 1. The summed E-state index contributed by atoms with van der Waals surface area (Å²) in [5.74, 6) is -0.492. The molecule has 1 amide bonds. The van der Waals surface area contributed by atoms with Gasteiger partial charge in [0.1, 0.15) is 5.00 Å². The predicted molar refractivity (Wildman–Crippen MR) is 76.9 cm³/mol. The summed E-state index contributed by atoms with van der Waals surface area (Å²) < 4.78 is 4.76. The zero-order chi connectivity index (χ0) is 14.4. The summed E-state index contributed by atoms with van der Waals surface area (Å²) >= 11 is 1.40. The smallest absolute Gasteiger partial charge is 0.341 e. The van der Waals surface area contributed by atoms with Crippen LogP contribution in [0.5, 0.6) is 0 Å². The summed E-state index contributed by atoms with van der Waals surface area (Å²) in [6.07, 6.45) is 1.19. The molecule has 0 atom stereocenters. The van der Waals surface area contributed by atoms with Gasteiger partial charge in [0, 0.05) is 11.3 Å². The first-order chi connectivity index (χ1) is 9.01. The summed E-state index contributed by atoms with van der Waals surface area (Å²) in [6, 6.07) is 0. The SMILES string of the molecule is CNCCCC(=O)Nc1sc(C)c(C)c1C(=O)OC. The van der Waals surface area contributed by atoms with Crippen molar-refractivity contribution in [3.05, 3.63) is 16.0 Å². The maximum Gasteiger partial charge on any atom is 0.341 e. The van der Waals surface area contributed by atoms with Gasteiger partial charge >= 0.3 is 5.97 Å². The van der Waals surface area contributed by atoms with Crippen molar-refractivity contribution >= 4 is 28.2 Å². The van der Waals surface area contributed by atoms with E-state index in [9.17, 15) is 9.59 Å². The normalized spacial score (nSPS) is 10.3. The van der Waals surface area contributed by atoms with Gasteiger partial charge in [0.25, 0.3) is 0 Å². The lowest BCUT2D eigenvalue weighted by atomic mass is 10.1. The number of carbonyl (C=O) groups excluding carboxylic acids is 2. The number of esters is 1. The van der Waals surface area contributed by atoms with Crippen LogP contribution in [0.25, 0.3) is 0 Å². The molecule has 5 nitrogen and oxygen atoms in total. The molecule has 0 fully saturated rings. The van der Waals surface area contributed by atoms with E-state index in [1.807, 2.05) is 20.9 Å². The number of ether oxygens (including phenoxy) is 1. The summed E-state index contributed by atoms with van der Waals surface area (Å²) in [5.41, 5.74) is 1.33. The molecule has 2 N–H and O–H groups in total. The average Bonchev–Trinajstić information content (AvgIpc) is 2.64. The first-order valence-electron chi connectivity index (χ1n) is 6.14. The molecule has 0 aliphatic carbocycles. The standard InChI is InChI=1S/C13H20N2O3S/c1-8-9(2)19-12(11(8)13(17)18-4)15-10(16)6-5-7-14-3/h14H,5-7H2,1-4H3,(H,15,16). The first-order valence-corrected chi connectivity index (χ1v) is 6.95. The fourth-order valence-corrected chi connectivity index (χ4v) is 2.74. The van der Waals surface area contributed by atoms with Gasteiger partial charge in [0.2, 0.25) is 5.91 Å². The fraction of sp³-hybridized carbons (Fsp3) is 0.538. The molecule has 1 rings (SSSR count). The third-order valence-corrected chi connectivity index (χ3v) is 3.98. The number of thiophene rings is 1. The molecule has 0 aromatic carbocycles. The first kappa shape index (κ1) is 15.7. The fourth-order valence-electron chi connectivity index (χ4n) is 1.68. The minimum atomic E-state index is -0.410. The van der Waals surface area contributed by atoms with Gasteiger partial charge in [-0.2, -0.15) is 0 Å². The molecule has 0 radical (unpaired) electrons. The van der Waals surface area contributed by atoms with Crippen LogP contribution in [0.1, 0.15) is 33.6 Å². The van der Waals surface area contributed by atoms with Crippen LogP contribution in [0.4, 0.5) is 5.00 Å². The van der Waals surface area contributed by atoms with Crippen LogP contribution in [0, 0.1) is 13.8 Å². The van der Waals surface area contributed by atoms with E-state index >= 15 is 0 Å². The lowest BCUT2D eigenvalue weighted by Gasteiger charge is -2.06. The summed E-state index contributed by atoms with van der Waals surface area (Å²) in [7, 11) is 3.19. The summed E-state index contributed by atoms with van der Waals surface area (Å²) in [4.78, 5) is 24.5. The summed E-state index contributed by atoms with van der Waals surface area (Å²) in [6.45, 7) is 4.57. The van der Waals surface area contributed by atoms with Gasteiger partial charge < -0.3 is 15.4 Å². The van der Waals surface area contributed by atoms with Crippen LogP contribution in [0.15, 0.2) is 0 Å². The Morgan fingerprint density at radius 3 is 2.58 bits per heavy atom. The van der Waals surface area contributed by atoms with Crippen LogP contribution in [-0.2, 0) is 9.53 Å². The van der Waals surface area contributed by atoms with Crippen molar-refractivity contribution in [3.63, 3.8) is 0 Å². The van der Waals surface area contributed by atoms with Crippen LogP contribution in [0.3, 0.4) is 0 Å². The Morgan fingerprint density at radius 1 is 1.32 bits per heavy atom. The molecule has 1 aromatic rings. The van der Waals surface area contributed by atoms with E-state index in [0.29, 0.717) is 17.0 Å². The zero-order valence-electron chi connectivity index (χ0n) is 11.8. The second-order valence-electron chi connectivity index (χ2n) is 4.23. The highest BCUT2D eigenvalue weighted by Crippen LogP contribution is 2.32. The third kappa shape index (κ3) is 4.04. The molecule has 0 aliphatic rings. The van der Waals surface area contributed by atoms with E-state index in [1.165, 1.54) is 18.4 Å². The number of rotatable bonds is 6. The molecule has 0 spiro atoms. The highest BCUT2D eigenvalue weighted by molar-refractivity contribution is 7.16. The van der Waals surface area contributed by atoms with Crippen molar-refractivity contribution in [2.24, 2.45) is 0 Å². The van der Waals surface area contributed by atoms with E-state index in [-0.39, 0.29) is 5.91 Å². The van der Waals surface area contributed by atoms with Gasteiger partial charge in [-0.25, -0.2) is 4.79 Å². The maximum atomic E-state index is 11.8. The lowest BCUT2D eigenvalue weighted by Crippen LogP contribution is -2.16. The van der Waals surface area contributed by atoms with Crippen molar-refractivity contribution in [2.75, 3.05) is 26.0 Å². The average molecular weight is 284 g/mol. The molecule has 1 aromatic heterocycles. The van der Waals surface area contributed by atoms with Crippen LogP contribution in [0.2, 0.25) is 0 Å². The Kier molecular flexibility index (Phi) is 5.98. The number of hydrogen-bond acceptors (Lipinski definition) is 5. The Morgan fingerprint density at radius 2 is 2.00 bits per heavy atom. The number of carbonyl (C=O) groups is 2. The van der Waals surface area contributed by atoms with E-state index in [0.717, 1.165) is 23.4 Å². The highest BCUT2D eigenvalue weighted by Gasteiger charge is 2.21. The molecule has 0 saturated carbocycles. The van der Waals surface area contributed by atoms with E-state index in [1.54, 1.807) is 0 Å². The predicted octanol–water partition coefficient (Wildman–Crippen LogP) is 2.09. The molecule has 1 heterocycles. The molecule has 0 saturated heterocycles. The van der Waals surface area contributed by atoms with Gasteiger partial charge in [0.05, 0.1) is 12.7 Å². The van der Waals surface area contributed by atoms with Gasteiger partial charge in [0.15, 0.2) is 0 Å². The third-order valence-electron chi connectivity index (χ3n) is 2.86. The maximum absolute atomic E-state index is 11.8. The van der Waals surface area contributed by atoms with Crippen LogP contribution in [-0.4, -0.2) is 32.6 Å². The number of aryl methyl sites for hydroxylation is 1. The Labute approximate surface area is 117 Å². The van der Waals surface area contributed by atoms with Gasteiger partial charge in [-0.05, 0) is 39.4 Å². The van der Waals surface area contributed by atoms with Crippen molar-refractivity contribution in [2.45, 2.75) is 26.7 Å². The second-order valence-corrected chi connectivity index (χ2v) is 5.46. The second kappa shape index (κ2) is 7.25. The van der Waals surface area contributed by atoms with Crippen LogP contribution < -0.4 is 10.6 Å². The molecule has 0 aliphatic heterocycles. The molecule has 0 bridgehead atoms. The molecular formula is C13H20N2O3S. The Bertz CT molecular complexity index is 469. The zero-order valence-corrected chi connectivity index (χ0v) is 12.6. The molecule has 106 valence electrons. The van der Waals surface area contributed by atoms with Gasteiger partial charge in [-0.1, -0.05) is 0 Å². The highest BCUT2D eigenvalue weighted by atomic mass is 32.1. The number of hydrogen-bond donors (Lipinski definition) is 2. The van der Waals surface area contributed by atoms with Crippen LogP contribution >= 0.6 is 11.3 Å². The Hall–Kier alpha value is -1.40. The monoisotopic (exact) mass is 284 g/mol. The van der Waals surface area contributed by atoms with E-state index < -0.39 is 5.97 Å². The number of nitrogens with one attached hydrogen (secondary N) is 2.